The molecule has 0 spiro atoms. The molecule has 2 heterocycles. The zero-order valence-electron chi connectivity index (χ0n) is 14.4. The number of carbonyl (C=O) groups is 2. The van der Waals surface area contributed by atoms with Crippen LogP contribution in [0.1, 0.15) is 35.7 Å². The number of ketones is 1. The average Bonchev–Trinajstić information content (AvgIpc) is 3.12. The fourth-order valence-electron chi connectivity index (χ4n) is 2.54. The second-order valence-corrected chi connectivity index (χ2v) is 5.59. The third-order valence-corrected chi connectivity index (χ3v) is 3.90. The molecule has 3 rings (SSSR count). The summed E-state index contributed by atoms with van der Waals surface area (Å²) in [5.74, 6) is 1.94. The van der Waals surface area contributed by atoms with Gasteiger partial charge in [-0.1, -0.05) is 0 Å². The molecule has 0 N–H and O–H groups in total. The molecular weight excluding hydrogens is 322 g/mol. The van der Waals surface area contributed by atoms with E-state index in [1.807, 2.05) is 26.8 Å². The van der Waals surface area contributed by atoms with Crippen molar-refractivity contribution in [1.29, 1.82) is 0 Å². The number of benzene rings is 1. The van der Waals surface area contributed by atoms with Gasteiger partial charge in [0.2, 0.25) is 5.78 Å². The average molecular weight is 341 g/mol. The van der Waals surface area contributed by atoms with Crippen LogP contribution in [0.5, 0.6) is 11.5 Å². The van der Waals surface area contributed by atoms with E-state index in [0.29, 0.717) is 35.9 Å². The van der Waals surface area contributed by atoms with Gasteiger partial charge in [0, 0.05) is 25.2 Å². The van der Waals surface area contributed by atoms with Crippen molar-refractivity contribution in [2.45, 2.75) is 20.8 Å². The van der Waals surface area contributed by atoms with E-state index in [2.05, 4.69) is 0 Å². The molecule has 2 aromatic rings. The Morgan fingerprint density at radius 2 is 1.96 bits per heavy atom. The van der Waals surface area contributed by atoms with Crippen molar-refractivity contribution in [2.24, 2.45) is 0 Å². The number of rotatable bonds is 4. The van der Waals surface area contributed by atoms with E-state index < -0.39 is 6.09 Å². The molecule has 1 amide bonds. The fraction of sp³-hybridized carbons (Fsp3) is 0.263. The van der Waals surface area contributed by atoms with E-state index in [4.69, 9.17) is 13.9 Å². The van der Waals surface area contributed by atoms with Gasteiger partial charge in [-0.2, -0.15) is 0 Å². The topological polar surface area (TPSA) is 69.0 Å². The third kappa shape index (κ3) is 3.42. The number of Topliss-reactive ketones (excluding diaryl/α,β-unsaturated/α-hetero) is 1. The van der Waals surface area contributed by atoms with Crippen molar-refractivity contribution < 1.29 is 23.5 Å². The van der Waals surface area contributed by atoms with E-state index in [0.717, 1.165) is 5.76 Å². The summed E-state index contributed by atoms with van der Waals surface area (Å²) in [5.41, 5.74) is 0.428. The zero-order chi connectivity index (χ0) is 18.0. The molecule has 0 bridgehead atoms. The molecule has 0 atom stereocenters. The number of ether oxygens (including phenoxy) is 2. The molecule has 130 valence electrons. The Morgan fingerprint density at radius 3 is 2.60 bits per heavy atom. The lowest BCUT2D eigenvalue weighted by Crippen LogP contribution is -2.33. The number of amides is 1. The van der Waals surface area contributed by atoms with Gasteiger partial charge in [0.15, 0.2) is 5.76 Å². The van der Waals surface area contributed by atoms with E-state index in [1.165, 1.54) is 0 Å². The van der Waals surface area contributed by atoms with E-state index in [-0.39, 0.29) is 11.5 Å². The largest absolute Gasteiger partial charge is 0.462 e. The Morgan fingerprint density at radius 1 is 1.20 bits per heavy atom. The third-order valence-electron chi connectivity index (χ3n) is 3.90. The van der Waals surface area contributed by atoms with Crippen molar-refractivity contribution >= 4 is 18.0 Å². The summed E-state index contributed by atoms with van der Waals surface area (Å²) in [7, 11) is 0. The second-order valence-electron chi connectivity index (χ2n) is 5.59. The number of aryl methyl sites for hydroxylation is 1. The summed E-state index contributed by atoms with van der Waals surface area (Å²) < 4.78 is 16.4. The lowest BCUT2D eigenvalue weighted by molar-refractivity contribution is 0.101. The predicted molar refractivity (Wildman–Crippen MR) is 91.8 cm³/mol. The maximum absolute atomic E-state index is 12.4. The SMILES string of the molecule is CCN(CC)C(=O)Oc1ccc2c(c1)O/C(=C\c1ccc(C)o1)C2=O. The maximum Gasteiger partial charge on any atom is 0.415 e. The maximum atomic E-state index is 12.4. The second kappa shape index (κ2) is 6.84. The standard InChI is InChI=1S/C19H19NO5/c1-4-20(5-2)19(22)24-14-8-9-15-16(10-14)25-17(18(15)21)11-13-7-6-12(3)23-13/h6-11H,4-5H2,1-3H3/b17-11-. The van der Waals surface area contributed by atoms with Crippen LogP contribution < -0.4 is 9.47 Å². The molecule has 1 aliphatic rings. The molecule has 0 unspecified atom stereocenters. The predicted octanol–water partition coefficient (Wildman–Crippen LogP) is 4.04. The summed E-state index contributed by atoms with van der Waals surface area (Å²) in [4.78, 5) is 26.0. The van der Waals surface area contributed by atoms with Gasteiger partial charge in [-0.05, 0) is 45.0 Å². The summed E-state index contributed by atoms with van der Waals surface area (Å²) in [6.45, 7) is 6.70. The molecule has 0 fully saturated rings. The molecule has 1 aromatic heterocycles. The number of furan rings is 1. The zero-order valence-corrected chi connectivity index (χ0v) is 14.4. The Kier molecular flexibility index (Phi) is 4.61. The van der Waals surface area contributed by atoms with Crippen LogP contribution in [0.3, 0.4) is 0 Å². The van der Waals surface area contributed by atoms with Crippen molar-refractivity contribution in [3.63, 3.8) is 0 Å². The number of hydrogen-bond donors (Lipinski definition) is 0. The summed E-state index contributed by atoms with van der Waals surface area (Å²) in [6.07, 6.45) is 1.12. The minimum absolute atomic E-state index is 0.177. The van der Waals surface area contributed by atoms with Crippen LogP contribution in [0, 0.1) is 6.92 Å². The molecule has 1 aliphatic heterocycles. The van der Waals surface area contributed by atoms with Crippen LogP contribution in [-0.4, -0.2) is 29.9 Å². The molecular formula is C19H19NO5. The minimum Gasteiger partial charge on any atom is -0.462 e. The van der Waals surface area contributed by atoms with Gasteiger partial charge in [0.05, 0.1) is 5.56 Å². The van der Waals surface area contributed by atoms with Gasteiger partial charge in [0.1, 0.15) is 23.0 Å². The van der Waals surface area contributed by atoms with Crippen LogP contribution in [-0.2, 0) is 0 Å². The lowest BCUT2D eigenvalue weighted by atomic mass is 10.1. The van der Waals surface area contributed by atoms with Crippen molar-refractivity contribution in [1.82, 2.24) is 4.90 Å². The quantitative estimate of drug-likeness (QED) is 0.785. The Hall–Kier alpha value is -3.02. The first-order valence-electron chi connectivity index (χ1n) is 8.13. The van der Waals surface area contributed by atoms with Crippen molar-refractivity contribution in [2.75, 3.05) is 13.1 Å². The van der Waals surface area contributed by atoms with E-state index >= 15 is 0 Å². The molecule has 0 aliphatic carbocycles. The minimum atomic E-state index is -0.434. The van der Waals surface area contributed by atoms with Crippen LogP contribution in [0.4, 0.5) is 4.79 Å². The van der Waals surface area contributed by atoms with Crippen molar-refractivity contribution in [3.8, 4) is 11.5 Å². The van der Waals surface area contributed by atoms with Gasteiger partial charge in [0.25, 0.3) is 0 Å². The first-order chi connectivity index (χ1) is 12.0. The monoisotopic (exact) mass is 341 g/mol. The molecule has 25 heavy (non-hydrogen) atoms. The van der Waals surface area contributed by atoms with Crippen LogP contribution in [0.2, 0.25) is 0 Å². The smallest absolute Gasteiger partial charge is 0.415 e. The number of fused-ring (bicyclic) bond motifs is 1. The molecule has 0 radical (unpaired) electrons. The van der Waals surface area contributed by atoms with Crippen molar-refractivity contribution in [3.05, 3.63) is 53.2 Å². The summed E-state index contributed by atoms with van der Waals surface area (Å²) >= 11 is 0. The van der Waals surface area contributed by atoms with Gasteiger partial charge in [-0.25, -0.2) is 4.79 Å². The van der Waals surface area contributed by atoms with Gasteiger partial charge in [-0.15, -0.1) is 0 Å². The van der Waals surface area contributed by atoms with Gasteiger partial charge >= 0.3 is 6.09 Å². The van der Waals surface area contributed by atoms with Gasteiger partial charge in [-0.3, -0.25) is 4.79 Å². The lowest BCUT2D eigenvalue weighted by Gasteiger charge is -2.17. The molecule has 0 saturated carbocycles. The summed E-state index contributed by atoms with van der Waals surface area (Å²) in [6, 6.07) is 8.30. The van der Waals surface area contributed by atoms with E-state index in [1.54, 1.807) is 35.2 Å². The summed E-state index contributed by atoms with van der Waals surface area (Å²) in [5, 5.41) is 0. The van der Waals surface area contributed by atoms with Gasteiger partial charge < -0.3 is 18.8 Å². The first-order valence-corrected chi connectivity index (χ1v) is 8.13. The number of hydrogen-bond acceptors (Lipinski definition) is 5. The highest BCUT2D eigenvalue weighted by Gasteiger charge is 2.28. The highest BCUT2D eigenvalue weighted by Crippen LogP contribution is 2.35. The molecule has 1 aromatic carbocycles. The number of nitrogens with zero attached hydrogens (tertiary/aromatic N) is 1. The highest BCUT2D eigenvalue weighted by atomic mass is 16.6. The Labute approximate surface area is 145 Å². The number of carbonyl (C=O) groups excluding carboxylic acids is 2. The van der Waals surface area contributed by atoms with E-state index in [9.17, 15) is 9.59 Å². The number of allylic oxidation sites excluding steroid dienone is 1. The first kappa shape index (κ1) is 16.8. The highest BCUT2D eigenvalue weighted by molar-refractivity contribution is 6.14. The molecule has 6 heteroatoms. The van der Waals surface area contributed by atoms with Crippen LogP contribution >= 0.6 is 0 Å². The normalized spacial score (nSPS) is 14.4. The Bertz CT molecular complexity index is 845. The molecule has 0 saturated heterocycles. The van der Waals surface area contributed by atoms with Crippen LogP contribution in [0.25, 0.3) is 6.08 Å². The molecule has 6 nitrogen and oxygen atoms in total. The van der Waals surface area contributed by atoms with Crippen LogP contribution in [0.15, 0.2) is 40.5 Å². The Balaban J connectivity index is 1.80. The fourth-order valence-corrected chi connectivity index (χ4v) is 2.54.